The summed E-state index contributed by atoms with van der Waals surface area (Å²) in [6, 6.07) is 8.82. The van der Waals surface area contributed by atoms with Gasteiger partial charge < -0.3 is 20.2 Å². The number of rotatable bonds is 8. The first-order valence-electron chi connectivity index (χ1n) is 10.2. The first kappa shape index (κ1) is 23.7. The number of hydrogen-bond acceptors (Lipinski definition) is 5. The van der Waals surface area contributed by atoms with Gasteiger partial charge in [-0.3, -0.25) is 0 Å². The Bertz CT molecular complexity index is 950. The van der Waals surface area contributed by atoms with Crippen molar-refractivity contribution >= 4 is 23.9 Å². The second kappa shape index (κ2) is 9.98. The third-order valence-electron chi connectivity index (χ3n) is 5.58. The van der Waals surface area contributed by atoms with Crippen LogP contribution in [0.4, 0.5) is 5.69 Å². The summed E-state index contributed by atoms with van der Waals surface area (Å²) in [6.45, 7) is 12.8. The minimum Gasteiger partial charge on any atom is -0.508 e. The quantitative estimate of drug-likeness (QED) is 0.368. The standard InChI is InChI=1S/C25H33NO3S/c1-7-17(21-13-19(15(3)4)24(28)14-25(21)29)11-20(16(5)30)18-9-10-23(27)22(12-18)26(6)8-2/h7,9-10,12-15,20,27-30H,5,8,11H2,1-4,6H3/b17-7+. The van der Waals surface area contributed by atoms with Crippen molar-refractivity contribution in [2.45, 2.75) is 46.0 Å². The van der Waals surface area contributed by atoms with Crippen LogP contribution in [-0.4, -0.2) is 28.9 Å². The van der Waals surface area contributed by atoms with E-state index in [1.165, 1.54) is 6.07 Å². The monoisotopic (exact) mass is 427 g/mol. The van der Waals surface area contributed by atoms with Gasteiger partial charge in [0.25, 0.3) is 0 Å². The molecule has 0 fully saturated rings. The number of phenols is 3. The Morgan fingerprint density at radius 2 is 1.77 bits per heavy atom. The normalized spacial score (nSPS) is 12.8. The van der Waals surface area contributed by atoms with Crippen LogP contribution in [0.5, 0.6) is 17.2 Å². The molecule has 0 saturated carbocycles. The van der Waals surface area contributed by atoms with Gasteiger partial charge in [-0.1, -0.05) is 32.6 Å². The minimum atomic E-state index is -0.111. The van der Waals surface area contributed by atoms with Crippen molar-refractivity contribution in [3.8, 4) is 17.2 Å². The van der Waals surface area contributed by atoms with Gasteiger partial charge in [-0.2, -0.15) is 0 Å². The van der Waals surface area contributed by atoms with Gasteiger partial charge >= 0.3 is 0 Å². The van der Waals surface area contributed by atoms with Crippen LogP contribution in [0.1, 0.15) is 62.6 Å². The third-order valence-corrected chi connectivity index (χ3v) is 5.89. The molecule has 2 aromatic carbocycles. The molecule has 3 N–H and O–H groups in total. The molecule has 0 aliphatic heterocycles. The number of anilines is 1. The van der Waals surface area contributed by atoms with Crippen molar-refractivity contribution in [1.29, 1.82) is 0 Å². The molecule has 0 bridgehead atoms. The molecule has 1 unspecified atom stereocenters. The third kappa shape index (κ3) is 5.14. The maximum atomic E-state index is 10.5. The zero-order valence-corrected chi connectivity index (χ0v) is 19.4. The number of thiol groups is 1. The first-order chi connectivity index (χ1) is 14.1. The van der Waals surface area contributed by atoms with Crippen LogP contribution < -0.4 is 4.90 Å². The predicted molar refractivity (Wildman–Crippen MR) is 130 cm³/mol. The molecule has 5 heteroatoms. The van der Waals surface area contributed by atoms with Gasteiger partial charge in [-0.25, -0.2) is 0 Å². The summed E-state index contributed by atoms with van der Waals surface area (Å²) in [6.07, 6.45) is 2.55. The highest BCUT2D eigenvalue weighted by Crippen LogP contribution is 2.42. The summed E-state index contributed by atoms with van der Waals surface area (Å²) in [5.74, 6) is 0.395. The van der Waals surface area contributed by atoms with Gasteiger partial charge in [0.1, 0.15) is 17.2 Å². The van der Waals surface area contributed by atoms with Gasteiger partial charge in [0.2, 0.25) is 0 Å². The summed E-state index contributed by atoms with van der Waals surface area (Å²) in [5.41, 5.74) is 4.17. The Labute approximate surface area is 185 Å². The van der Waals surface area contributed by atoms with Crippen molar-refractivity contribution in [3.63, 3.8) is 0 Å². The number of hydrogen-bond donors (Lipinski definition) is 4. The lowest BCUT2D eigenvalue weighted by Gasteiger charge is -2.24. The van der Waals surface area contributed by atoms with Crippen molar-refractivity contribution in [2.24, 2.45) is 0 Å². The number of allylic oxidation sites excluding steroid dienone is 3. The molecule has 162 valence electrons. The summed E-state index contributed by atoms with van der Waals surface area (Å²) < 4.78 is 0. The van der Waals surface area contributed by atoms with Crippen LogP contribution in [0.25, 0.3) is 5.57 Å². The molecule has 0 heterocycles. The van der Waals surface area contributed by atoms with E-state index in [1.807, 2.05) is 63.9 Å². The van der Waals surface area contributed by atoms with E-state index in [0.29, 0.717) is 16.9 Å². The van der Waals surface area contributed by atoms with Gasteiger partial charge in [0.15, 0.2) is 0 Å². The van der Waals surface area contributed by atoms with Gasteiger partial charge in [0.05, 0.1) is 5.69 Å². The van der Waals surface area contributed by atoms with Crippen LogP contribution in [0.3, 0.4) is 0 Å². The zero-order chi connectivity index (χ0) is 22.6. The molecule has 2 aromatic rings. The van der Waals surface area contributed by atoms with Crippen LogP contribution in [-0.2, 0) is 0 Å². The van der Waals surface area contributed by atoms with Crippen molar-refractivity contribution in [3.05, 3.63) is 64.6 Å². The average Bonchev–Trinajstić information content (AvgIpc) is 2.69. The predicted octanol–water partition coefficient (Wildman–Crippen LogP) is 6.40. The van der Waals surface area contributed by atoms with E-state index < -0.39 is 0 Å². The summed E-state index contributed by atoms with van der Waals surface area (Å²) >= 11 is 4.56. The molecule has 2 rings (SSSR count). The maximum absolute atomic E-state index is 10.5. The molecule has 0 aliphatic rings. The lowest BCUT2D eigenvalue weighted by Crippen LogP contribution is -2.16. The smallest absolute Gasteiger partial charge is 0.138 e. The lowest BCUT2D eigenvalue weighted by molar-refractivity contribution is 0.442. The summed E-state index contributed by atoms with van der Waals surface area (Å²) in [4.78, 5) is 2.68. The van der Waals surface area contributed by atoms with Crippen LogP contribution in [0.15, 0.2) is 47.9 Å². The Morgan fingerprint density at radius 3 is 2.30 bits per heavy atom. The molecule has 0 radical (unpaired) electrons. The fourth-order valence-electron chi connectivity index (χ4n) is 3.58. The minimum absolute atomic E-state index is 0.0469. The van der Waals surface area contributed by atoms with Crippen LogP contribution in [0.2, 0.25) is 0 Å². The molecule has 0 spiro atoms. The largest absolute Gasteiger partial charge is 0.508 e. The fraction of sp³-hybridized carbons (Fsp3) is 0.360. The van der Waals surface area contributed by atoms with Gasteiger partial charge in [-0.15, -0.1) is 12.6 Å². The molecular weight excluding hydrogens is 394 g/mol. The Morgan fingerprint density at radius 1 is 1.10 bits per heavy atom. The second-order valence-corrected chi connectivity index (χ2v) is 8.48. The van der Waals surface area contributed by atoms with E-state index in [-0.39, 0.29) is 29.1 Å². The number of nitrogens with zero attached hydrogens (tertiary/aromatic N) is 1. The van der Waals surface area contributed by atoms with E-state index in [9.17, 15) is 15.3 Å². The topological polar surface area (TPSA) is 63.9 Å². The first-order valence-corrected chi connectivity index (χ1v) is 10.7. The number of benzene rings is 2. The molecule has 4 nitrogen and oxygen atoms in total. The molecule has 0 aliphatic carbocycles. The average molecular weight is 428 g/mol. The van der Waals surface area contributed by atoms with Gasteiger partial charge in [0, 0.05) is 31.1 Å². The fourth-order valence-corrected chi connectivity index (χ4v) is 3.82. The lowest BCUT2D eigenvalue weighted by atomic mass is 9.86. The van der Waals surface area contributed by atoms with E-state index >= 15 is 0 Å². The Kier molecular flexibility index (Phi) is 7.90. The Balaban J connectivity index is 2.49. The molecular formula is C25H33NO3S. The van der Waals surface area contributed by atoms with Crippen LogP contribution in [0, 0.1) is 0 Å². The Hall–Kier alpha value is -2.53. The molecule has 30 heavy (non-hydrogen) atoms. The highest BCUT2D eigenvalue weighted by atomic mass is 32.1. The van der Waals surface area contributed by atoms with Crippen LogP contribution >= 0.6 is 12.6 Å². The SMILES string of the molecule is C=C(S)C(C/C(=C\C)c1cc(C(C)C)c(O)cc1O)c1ccc(O)c(N(C)CC)c1. The zero-order valence-electron chi connectivity index (χ0n) is 18.5. The summed E-state index contributed by atoms with van der Waals surface area (Å²) in [5, 5.41) is 31.0. The molecule has 0 saturated heterocycles. The van der Waals surface area contributed by atoms with E-state index in [0.717, 1.165) is 28.9 Å². The van der Waals surface area contributed by atoms with E-state index in [2.05, 4.69) is 19.2 Å². The molecule has 0 aromatic heterocycles. The van der Waals surface area contributed by atoms with Crippen molar-refractivity contribution in [2.75, 3.05) is 18.5 Å². The van der Waals surface area contributed by atoms with Crippen molar-refractivity contribution in [1.82, 2.24) is 0 Å². The van der Waals surface area contributed by atoms with E-state index in [4.69, 9.17) is 0 Å². The van der Waals surface area contributed by atoms with E-state index in [1.54, 1.807) is 6.07 Å². The van der Waals surface area contributed by atoms with Gasteiger partial charge in [-0.05, 0) is 66.0 Å². The highest BCUT2D eigenvalue weighted by molar-refractivity contribution is 7.84. The molecule has 1 atom stereocenters. The van der Waals surface area contributed by atoms with Crippen molar-refractivity contribution < 1.29 is 15.3 Å². The summed E-state index contributed by atoms with van der Waals surface area (Å²) in [7, 11) is 1.93. The number of phenolic OH excluding ortho intramolecular Hbond substituents is 3. The number of aromatic hydroxyl groups is 3. The maximum Gasteiger partial charge on any atom is 0.138 e. The second-order valence-electron chi connectivity index (χ2n) is 7.91. The molecule has 0 amide bonds. The highest BCUT2D eigenvalue weighted by Gasteiger charge is 2.21.